The lowest BCUT2D eigenvalue weighted by Crippen LogP contribution is -2.44. The van der Waals surface area contributed by atoms with E-state index in [4.69, 9.17) is 4.74 Å². The van der Waals surface area contributed by atoms with Crippen molar-refractivity contribution in [2.24, 2.45) is 10.9 Å². The summed E-state index contributed by atoms with van der Waals surface area (Å²) in [6.45, 7) is 12.7. The highest BCUT2D eigenvalue weighted by Gasteiger charge is 2.27. The molecule has 1 fully saturated rings. The molecule has 0 aliphatic carbocycles. The number of hydrogen-bond acceptors (Lipinski definition) is 3. The van der Waals surface area contributed by atoms with Crippen molar-refractivity contribution in [1.29, 1.82) is 0 Å². The standard InChI is InChI=1S/C17H34N4O2/c1-13(2)8-7-10-19-15(18-6)21-11-9-14(12-21)20-16(22)23-17(3,4)5/h13-14H,7-12H2,1-6H3,(H,18,19)(H,20,22). The zero-order chi connectivity index (χ0) is 17.5. The third-order valence-corrected chi connectivity index (χ3v) is 3.66. The minimum absolute atomic E-state index is 0.110. The number of carbonyl (C=O) groups is 1. The van der Waals surface area contributed by atoms with Crippen molar-refractivity contribution in [2.75, 3.05) is 26.7 Å². The number of nitrogens with one attached hydrogen (secondary N) is 2. The maximum atomic E-state index is 11.8. The summed E-state index contributed by atoms with van der Waals surface area (Å²) in [6.07, 6.45) is 2.92. The van der Waals surface area contributed by atoms with Gasteiger partial charge >= 0.3 is 6.09 Å². The second-order valence-electron chi connectivity index (χ2n) is 7.59. The third-order valence-electron chi connectivity index (χ3n) is 3.66. The molecule has 0 bridgehead atoms. The van der Waals surface area contributed by atoms with Crippen LogP contribution in [0.5, 0.6) is 0 Å². The van der Waals surface area contributed by atoms with Gasteiger partial charge in [-0.15, -0.1) is 0 Å². The van der Waals surface area contributed by atoms with E-state index in [0.717, 1.165) is 44.4 Å². The Kier molecular flexibility index (Phi) is 7.65. The predicted octanol–water partition coefficient (Wildman–Crippen LogP) is 2.60. The van der Waals surface area contributed by atoms with Gasteiger partial charge in [0.25, 0.3) is 0 Å². The molecule has 6 heteroatoms. The average molecular weight is 326 g/mol. The number of rotatable bonds is 5. The van der Waals surface area contributed by atoms with E-state index in [2.05, 4.69) is 34.4 Å². The number of likely N-dealkylation sites (tertiary alicyclic amines) is 1. The molecule has 1 unspecified atom stereocenters. The van der Waals surface area contributed by atoms with Crippen LogP contribution >= 0.6 is 0 Å². The molecule has 1 aliphatic heterocycles. The summed E-state index contributed by atoms with van der Waals surface area (Å²) in [5.74, 6) is 1.65. The van der Waals surface area contributed by atoms with Gasteiger partial charge in [-0.3, -0.25) is 4.99 Å². The number of aliphatic imine (C=N–C) groups is 1. The molecule has 0 aromatic heterocycles. The summed E-state index contributed by atoms with van der Waals surface area (Å²) in [5.41, 5.74) is -0.462. The minimum atomic E-state index is -0.462. The summed E-state index contributed by atoms with van der Waals surface area (Å²) >= 11 is 0. The normalized spacial score (nSPS) is 19.2. The van der Waals surface area contributed by atoms with Gasteiger partial charge in [0, 0.05) is 26.7 Å². The SMILES string of the molecule is CN=C(NCCCC(C)C)N1CCC(NC(=O)OC(C)(C)C)C1. The molecular formula is C17H34N4O2. The topological polar surface area (TPSA) is 66.0 Å². The lowest BCUT2D eigenvalue weighted by Gasteiger charge is -2.23. The van der Waals surface area contributed by atoms with Gasteiger partial charge in [0.2, 0.25) is 0 Å². The zero-order valence-electron chi connectivity index (χ0n) is 15.6. The van der Waals surface area contributed by atoms with Crippen molar-refractivity contribution in [3.63, 3.8) is 0 Å². The van der Waals surface area contributed by atoms with Crippen LogP contribution in [0.25, 0.3) is 0 Å². The number of carbonyl (C=O) groups excluding carboxylic acids is 1. The van der Waals surface area contributed by atoms with Gasteiger partial charge in [0.15, 0.2) is 5.96 Å². The molecule has 1 heterocycles. The van der Waals surface area contributed by atoms with E-state index in [9.17, 15) is 4.79 Å². The summed E-state index contributed by atoms with van der Waals surface area (Å²) in [5, 5.41) is 6.35. The smallest absolute Gasteiger partial charge is 0.407 e. The Morgan fingerprint density at radius 2 is 2.09 bits per heavy atom. The molecule has 1 atom stereocenters. The summed E-state index contributed by atoms with van der Waals surface area (Å²) in [4.78, 5) is 18.4. The Bertz CT molecular complexity index is 402. The van der Waals surface area contributed by atoms with Crippen molar-refractivity contribution in [3.8, 4) is 0 Å². The molecule has 0 radical (unpaired) electrons. The van der Waals surface area contributed by atoms with Gasteiger partial charge in [-0.2, -0.15) is 0 Å². The largest absolute Gasteiger partial charge is 0.444 e. The van der Waals surface area contributed by atoms with E-state index in [0.29, 0.717) is 0 Å². The maximum Gasteiger partial charge on any atom is 0.407 e. The number of guanidine groups is 1. The van der Waals surface area contributed by atoms with Crippen LogP contribution in [0, 0.1) is 5.92 Å². The fourth-order valence-electron chi connectivity index (χ4n) is 2.59. The van der Waals surface area contributed by atoms with E-state index < -0.39 is 5.60 Å². The molecule has 0 aromatic rings. The summed E-state index contributed by atoms with van der Waals surface area (Å²) < 4.78 is 5.31. The number of nitrogens with zero attached hydrogens (tertiary/aromatic N) is 2. The highest BCUT2D eigenvalue weighted by Crippen LogP contribution is 2.12. The van der Waals surface area contributed by atoms with Crippen molar-refractivity contribution in [3.05, 3.63) is 0 Å². The Hall–Kier alpha value is -1.46. The molecule has 6 nitrogen and oxygen atoms in total. The van der Waals surface area contributed by atoms with Gasteiger partial charge in [0.05, 0.1) is 6.04 Å². The van der Waals surface area contributed by atoms with E-state index in [-0.39, 0.29) is 12.1 Å². The van der Waals surface area contributed by atoms with Crippen molar-refractivity contribution in [2.45, 2.75) is 65.5 Å². The Morgan fingerprint density at radius 3 is 2.65 bits per heavy atom. The second kappa shape index (κ2) is 8.99. The van der Waals surface area contributed by atoms with E-state index in [1.54, 1.807) is 7.05 Å². The van der Waals surface area contributed by atoms with Crippen molar-refractivity contribution < 1.29 is 9.53 Å². The van der Waals surface area contributed by atoms with Crippen LogP contribution in [0.15, 0.2) is 4.99 Å². The quantitative estimate of drug-likeness (QED) is 0.463. The van der Waals surface area contributed by atoms with Gasteiger partial charge in [-0.05, 0) is 46.0 Å². The molecule has 1 aliphatic rings. The predicted molar refractivity (Wildman–Crippen MR) is 94.8 cm³/mol. The molecule has 2 N–H and O–H groups in total. The first-order valence-electron chi connectivity index (χ1n) is 8.66. The van der Waals surface area contributed by atoms with Crippen molar-refractivity contribution in [1.82, 2.24) is 15.5 Å². The van der Waals surface area contributed by atoms with Crippen LogP contribution in [0.1, 0.15) is 53.9 Å². The molecule has 1 amide bonds. The van der Waals surface area contributed by atoms with Crippen LogP contribution in [0.2, 0.25) is 0 Å². The third kappa shape index (κ3) is 8.09. The Morgan fingerprint density at radius 1 is 1.39 bits per heavy atom. The first-order chi connectivity index (χ1) is 10.7. The molecule has 0 aromatic carbocycles. The Labute approximate surface area is 141 Å². The number of ether oxygens (including phenoxy) is 1. The molecule has 0 saturated carbocycles. The van der Waals surface area contributed by atoms with Gasteiger partial charge in [-0.1, -0.05) is 13.8 Å². The van der Waals surface area contributed by atoms with Crippen LogP contribution < -0.4 is 10.6 Å². The van der Waals surface area contributed by atoms with E-state index >= 15 is 0 Å². The number of amides is 1. The fourth-order valence-corrected chi connectivity index (χ4v) is 2.59. The van der Waals surface area contributed by atoms with Crippen LogP contribution in [0.4, 0.5) is 4.79 Å². The highest BCUT2D eigenvalue weighted by atomic mass is 16.6. The van der Waals surface area contributed by atoms with E-state index in [1.807, 2.05) is 20.8 Å². The summed E-state index contributed by atoms with van der Waals surface area (Å²) in [6, 6.07) is 0.110. The number of hydrogen-bond donors (Lipinski definition) is 2. The lowest BCUT2D eigenvalue weighted by molar-refractivity contribution is 0.0507. The molecular weight excluding hydrogens is 292 g/mol. The molecule has 23 heavy (non-hydrogen) atoms. The first-order valence-corrected chi connectivity index (χ1v) is 8.66. The second-order valence-corrected chi connectivity index (χ2v) is 7.59. The molecule has 134 valence electrons. The summed E-state index contributed by atoms with van der Waals surface area (Å²) in [7, 11) is 1.80. The van der Waals surface area contributed by atoms with Gasteiger partial charge in [0.1, 0.15) is 5.60 Å². The molecule has 0 spiro atoms. The zero-order valence-corrected chi connectivity index (χ0v) is 15.6. The van der Waals surface area contributed by atoms with Crippen LogP contribution in [0.3, 0.4) is 0 Å². The van der Waals surface area contributed by atoms with Crippen LogP contribution in [-0.4, -0.2) is 55.3 Å². The maximum absolute atomic E-state index is 11.8. The highest BCUT2D eigenvalue weighted by molar-refractivity contribution is 5.80. The lowest BCUT2D eigenvalue weighted by atomic mass is 10.1. The van der Waals surface area contributed by atoms with Crippen molar-refractivity contribution >= 4 is 12.1 Å². The Balaban J connectivity index is 2.35. The van der Waals surface area contributed by atoms with Crippen LogP contribution in [-0.2, 0) is 4.74 Å². The average Bonchev–Trinajstić information content (AvgIpc) is 2.84. The van der Waals surface area contributed by atoms with Gasteiger partial charge in [-0.25, -0.2) is 4.79 Å². The first kappa shape index (κ1) is 19.6. The fraction of sp³-hybridized carbons (Fsp3) is 0.882. The molecule has 1 saturated heterocycles. The minimum Gasteiger partial charge on any atom is -0.444 e. The molecule has 1 rings (SSSR count). The monoisotopic (exact) mass is 326 g/mol. The van der Waals surface area contributed by atoms with Gasteiger partial charge < -0.3 is 20.3 Å². The number of alkyl carbamates (subject to hydrolysis) is 1. The van der Waals surface area contributed by atoms with E-state index in [1.165, 1.54) is 6.42 Å².